The third-order valence-electron chi connectivity index (χ3n) is 5.18. The molecule has 6 heteroatoms. The molecule has 1 aromatic heterocycles. The second-order valence-electron chi connectivity index (χ2n) is 7.33. The monoisotopic (exact) mass is 367 g/mol. The molecular formula is C21H29N5O. The Labute approximate surface area is 161 Å². The SMILES string of the molecule is CCN1CCN(c2cnc(C(=O)Nc3c(C)cccc3C(C)C)cn2)CC1. The Morgan fingerprint density at radius 3 is 2.48 bits per heavy atom. The van der Waals surface area contributed by atoms with Crippen LogP contribution in [0.25, 0.3) is 0 Å². The number of carbonyl (C=O) groups excluding carboxylic acids is 1. The molecule has 2 heterocycles. The topological polar surface area (TPSA) is 61.4 Å². The number of likely N-dealkylation sites (N-methyl/N-ethyl adjacent to an activating group) is 1. The summed E-state index contributed by atoms with van der Waals surface area (Å²) in [6.07, 6.45) is 3.28. The smallest absolute Gasteiger partial charge is 0.275 e. The van der Waals surface area contributed by atoms with Crippen molar-refractivity contribution in [2.75, 3.05) is 42.9 Å². The third kappa shape index (κ3) is 4.45. The van der Waals surface area contributed by atoms with E-state index in [2.05, 4.69) is 51.9 Å². The van der Waals surface area contributed by atoms with Crippen LogP contribution < -0.4 is 10.2 Å². The molecule has 0 atom stereocenters. The number of nitrogens with one attached hydrogen (secondary N) is 1. The Morgan fingerprint density at radius 1 is 1.15 bits per heavy atom. The molecule has 2 aromatic rings. The van der Waals surface area contributed by atoms with Crippen molar-refractivity contribution in [1.82, 2.24) is 14.9 Å². The Hall–Kier alpha value is -2.47. The van der Waals surface area contributed by atoms with Crippen molar-refractivity contribution >= 4 is 17.4 Å². The number of anilines is 2. The van der Waals surface area contributed by atoms with Crippen LogP contribution in [0.3, 0.4) is 0 Å². The summed E-state index contributed by atoms with van der Waals surface area (Å²) >= 11 is 0. The number of piperazine rings is 1. The van der Waals surface area contributed by atoms with Crippen molar-refractivity contribution < 1.29 is 4.79 Å². The van der Waals surface area contributed by atoms with E-state index in [9.17, 15) is 4.79 Å². The van der Waals surface area contributed by atoms with Crippen molar-refractivity contribution in [1.29, 1.82) is 0 Å². The van der Waals surface area contributed by atoms with E-state index in [1.54, 1.807) is 12.4 Å². The minimum atomic E-state index is -0.221. The van der Waals surface area contributed by atoms with Gasteiger partial charge in [-0.15, -0.1) is 0 Å². The van der Waals surface area contributed by atoms with Gasteiger partial charge in [-0.2, -0.15) is 0 Å². The minimum Gasteiger partial charge on any atom is -0.353 e. The number of rotatable bonds is 5. The highest BCUT2D eigenvalue weighted by molar-refractivity contribution is 6.03. The maximum absolute atomic E-state index is 12.7. The van der Waals surface area contributed by atoms with Crippen LogP contribution in [0.2, 0.25) is 0 Å². The zero-order chi connectivity index (χ0) is 19.4. The predicted molar refractivity (Wildman–Crippen MR) is 110 cm³/mol. The quantitative estimate of drug-likeness (QED) is 0.879. The molecule has 27 heavy (non-hydrogen) atoms. The van der Waals surface area contributed by atoms with E-state index in [1.807, 2.05) is 19.1 Å². The summed E-state index contributed by atoms with van der Waals surface area (Å²) in [6.45, 7) is 13.5. The van der Waals surface area contributed by atoms with Gasteiger partial charge in [-0.25, -0.2) is 9.97 Å². The summed E-state index contributed by atoms with van der Waals surface area (Å²) in [5.74, 6) is 0.942. The van der Waals surface area contributed by atoms with Crippen molar-refractivity contribution in [3.05, 3.63) is 47.4 Å². The second-order valence-corrected chi connectivity index (χ2v) is 7.33. The predicted octanol–water partition coefficient (Wildman–Crippen LogP) is 3.30. The van der Waals surface area contributed by atoms with E-state index in [4.69, 9.17) is 0 Å². The van der Waals surface area contributed by atoms with E-state index < -0.39 is 0 Å². The molecule has 1 saturated heterocycles. The molecule has 6 nitrogen and oxygen atoms in total. The molecule has 1 amide bonds. The van der Waals surface area contributed by atoms with Gasteiger partial charge in [-0.3, -0.25) is 4.79 Å². The Balaban J connectivity index is 1.70. The van der Waals surface area contributed by atoms with Gasteiger partial charge in [0.1, 0.15) is 11.5 Å². The summed E-state index contributed by atoms with van der Waals surface area (Å²) in [6, 6.07) is 6.08. The highest BCUT2D eigenvalue weighted by Gasteiger charge is 2.18. The lowest BCUT2D eigenvalue weighted by Gasteiger charge is -2.34. The van der Waals surface area contributed by atoms with Gasteiger partial charge in [-0.1, -0.05) is 39.0 Å². The fraction of sp³-hybridized carbons (Fsp3) is 0.476. The van der Waals surface area contributed by atoms with Gasteiger partial charge in [0.25, 0.3) is 5.91 Å². The normalized spacial score (nSPS) is 15.2. The van der Waals surface area contributed by atoms with Gasteiger partial charge in [-0.05, 0) is 30.5 Å². The first-order chi connectivity index (χ1) is 13.0. The first-order valence-corrected chi connectivity index (χ1v) is 9.69. The number of carbonyl (C=O) groups is 1. The minimum absolute atomic E-state index is 0.221. The number of hydrogen-bond acceptors (Lipinski definition) is 5. The van der Waals surface area contributed by atoms with Crippen molar-refractivity contribution in [2.24, 2.45) is 0 Å². The lowest BCUT2D eigenvalue weighted by molar-refractivity contribution is 0.102. The molecule has 1 aliphatic heterocycles. The van der Waals surface area contributed by atoms with E-state index >= 15 is 0 Å². The van der Waals surface area contributed by atoms with Gasteiger partial charge < -0.3 is 15.1 Å². The zero-order valence-corrected chi connectivity index (χ0v) is 16.7. The molecule has 1 N–H and O–H groups in total. The molecule has 0 aliphatic carbocycles. The molecule has 3 rings (SSSR count). The largest absolute Gasteiger partial charge is 0.353 e. The number of hydrogen-bond donors (Lipinski definition) is 1. The molecular weight excluding hydrogens is 338 g/mol. The summed E-state index contributed by atoms with van der Waals surface area (Å²) < 4.78 is 0. The molecule has 0 saturated carbocycles. The average molecular weight is 367 g/mol. The number of nitrogens with zero attached hydrogens (tertiary/aromatic N) is 4. The Morgan fingerprint density at radius 2 is 1.89 bits per heavy atom. The molecule has 144 valence electrons. The van der Waals surface area contributed by atoms with Crippen molar-refractivity contribution in [3.63, 3.8) is 0 Å². The molecule has 1 fully saturated rings. The van der Waals surface area contributed by atoms with Crippen LogP contribution in [0.4, 0.5) is 11.5 Å². The lowest BCUT2D eigenvalue weighted by atomic mass is 9.98. The third-order valence-corrected chi connectivity index (χ3v) is 5.18. The van der Waals surface area contributed by atoms with Crippen LogP contribution >= 0.6 is 0 Å². The van der Waals surface area contributed by atoms with E-state index in [0.29, 0.717) is 11.6 Å². The molecule has 0 unspecified atom stereocenters. The summed E-state index contributed by atoms with van der Waals surface area (Å²) in [5, 5.41) is 3.03. The number of aromatic nitrogens is 2. The van der Waals surface area contributed by atoms with E-state index in [0.717, 1.165) is 55.4 Å². The summed E-state index contributed by atoms with van der Waals surface area (Å²) in [5.41, 5.74) is 3.39. The maximum Gasteiger partial charge on any atom is 0.275 e. The Bertz CT molecular complexity index is 780. The van der Waals surface area contributed by atoms with Gasteiger partial charge in [0, 0.05) is 31.9 Å². The highest BCUT2D eigenvalue weighted by Crippen LogP contribution is 2.27. The highest BCUT2D eigenvalue weighted by atomic mass is 16.1. The van der Waals surface area contributed by atoms with Crippen LogP contribution in [0.5, 0.6) is 0 Å². The van der Waals surface area contributed by atoms with Crippen molar-refractivity contribution in [3.8, 4) is 0 Å². The van der Waals surface area contributed by atoms with E-state index in [-0.39, 0.29) is 5.91 Å². The van der Waals surface area contributed by atoms with Crippen LogP contribution in [0.1, 0.15) is 48.3 Å². The van der Waals surface area contributed by atoms with Crippen LogP contribution in [0.15, 0.2) is 30.6 Å². The average Bonchev–Trinajstić information content (AvgIpc) is 2.69. The van der Waals surface area contributed by atoms with Crippen LogP contribution in [-0.2, 0) is 0 Å². The Kier molecular flexibility index (Phi) is 6.06. The van der Waals surface area contributed by atoms with Gasteiger partial charge in [0.2, 0.25) is 0 Å². The molecule has 1 aromatic carbocycles. The number of amides is 1. The molecule has 0 radical (unpaired) electrons. The zero-order valence-electron chi connectivity index (χ0n) is 16.7. The standard InChI is InChI=1S/C21H29N5O/c1-5-25-9-11-26(12-10-25)19-14-22-18(13-23-19)21(27)24-20-16(4)7-6-8-17(20)15(2)3/h6-8,13-15H,5,9-12H2,1-4H3,(H,24,27). The second kappa shape index (κ2) is 8.48. The summed E-state index contributed by atoms with van der Waals surface area (Å²) in [7, 11) is 0. The van der Waals surface area contributed by atoms with Gasteiger partial charge in [0.15, 0.2) is 0 Å². The summed E-state index contributed by atoms with van der Waals surface area (Å²) in [4.78, 5) is 26.2. The van der Waals surface area contributed by atoms with Gasteiger partial charge in [0.05, 0.1) is 12.4 Å². The fourth-order valence-corrected chi connectivity index (χ4v) is 3.41. The van der Waals surface area contributed by atoms with E-state index in [1.165, 1.54) is 0 Å². The van der Waals surface area contributed by atoms with Crippen LogP contribution in [0, 0.1) is 6.92 Å². The number of para-hydroxylation sites is 1. The molecule has 0 bridgehead atoms. The first kappa shape index (κ1) is 19.3. The molecule has 1 aliphatic rings. The number of aryl methyl sites for hydroxylation is 1. The van der Waals surface area contributed by atoms with Crippen LogP contribution in [-0.4, -0.2) is 53.5 Å². The number of benzene rings is 1. The lowest BCUT2D eigenvalue weighted by Crippen LogP contribution is -2.46. The molecule has 0 spiro atoms. The first-order valence-electron chi connectivity index (χ1n) is 9.69. The van der Waals surface area contributed by atoms with Crippen molar-refractivity contribution in [2.45, 2.75) is 33.6 Å². The fourth-order valence-electron chi connectivity index (χ4n) is 3.41. The maximum atomic E-state index is 12.7. The van der Waals surface area contributed by atoms with Gasteiger partial charge >= 0.3 is 0 Å².